The zero-order valence-electron chi connectivity index (χ0n) is 23.1. The van der Waals surface area contributed by atoms with Crippen molar-refractivity contribution in [3.63, 3.8) is 0 Å². The second-order valence-electron chi connectivity index (χ2n) is 13.5. The Hall–Kier alpha value is -0.830. The zero-order valence-corrected chi connectivity index (χ0v) is 23.1. The molecule has 4 aliphatic rings. The molecule has 0 aromatic carbocycles. The molecule has 34 heavy (non-hydrogen) atoms. The molecule has 0 bridgehead atoms. The first-order chi connectivity index (χ1) is 16.1. The van der Waals surface area contributed by atoms with Crippen LogP contribution in [-0.2, 0) is 9.53 Å². The van der Waals surface area contributed by atoms with Crippen LogP contribution in [0.15, 0.2) is 11.6 Å². The monoisotopic (exact) mass is 471 g/mol. The average molecular weight is 472 g/mol. The van der Waals surface area contributed by atoms with Gasteiger partial charge in [-0.2, -0.15) is 0 Å². The molecular weight excluding hydrogens is 418 g/mol. The fraction of sp³-hybridized carbons (Fsp3) is 0.903. The average Bonchev–Trinajstić information content (AvgIpc) is 3.13. The second-order valence-corrected chi connectivity index (χ2v) is 13.5. The lowest BCUT2D eigenvalue weighted by atomic mass is 9.47. The molecule has 3 saturated carbocycles. The summed E-state index contributed by atoms with van der Waals surface area (Å²) < 4.78 is 6.18. The van der Waals surface area contributed by atoms with E-state index in [1.807, 2.05) is 0 Å². The predicted molar refractivity (Wildman–Crippen MR) is 141 cm³/mol. The summed E-state index contributed by atoms with van der Waals surface area (Å²) in [6.45, 7) is 15.5. The van der Waals surface area contributed by atoms with E-state index in [0.29, 0.717) is 30.1 Å². The molecule has 0 spiro atoms. The minimum absolute atomic E-state index is 0.0317. The number of amides is 1. The van der Waals surface area contributed by atoms with Gasteiger partial charge in [0, 0.05) is 13.5 Å². The first kappa shape index (κ1) is 26.2. The van der Waals surface area contributed by atoms with Gasteiger partial charge in [-0.05, 0) is 97.7 Å². The van der Waals surface area contributed by atoms with E-state index in [0.717, 1.165) is 41.9 Å². The molecule has 0 aliphatic heterocycles. The summed E-state index contributed by atoms with van der Waals surface area (Å²) in [5.74, 6) is 5.42. The molecule has 0 unspecified atom stereocenters. The highest BCUT2D eigenvalue weighted by Crippen LogP contribution is 2.67. The Balaban J connectivity index is 1.38. The lowest BCUT2D eigenvalue weighted by Crippen LogP contribution is -2.51. The van der Waals surface area contributed by atoms with E-state index < -0.39 is 0 Å². The number of nitrogens with one attached hydrogen (secondary N) is 1. The second kappa shape index (κ2) is 10.7. The number of hydrogen-bond acceptors (Lipinski definition) is 2. The van der Waals surface area contributed by atoms with Gasteiger partial charge in [-0.15, -0.1) is 0 Å². The molecule has 4 rings (SSSR count). The Morgan fingerprint density at radius 3 is 2.62 bits per heavy atom. The maximum absolute atomic E-state index is 11.1. The van der Waals surface area contributed by atoms with Crippen LogP contribution in [-0.4, -0.2) is 25.2 Å². The molecule has 0 aromatic rings. The van der Waals surface area contributed by atoms with Crippen molar-refractivity contribution in [2.24, 2.45) is 46.3 Å². The maximum Gasteiger partial charge on any atom is 0.216 e. The molecule has 3 nitrogen and oxygen atoms in total. The predicted octanol–water partition coefficient (Wildman–Crippen LogP) is 7.55. The van der Waals surface area contributed by atoms with E-state index in [1.165, 1.54) is 64.2 Å². The topological polar surface area (TPSA) is 38.3 Å². The molecular formula is C31H53NO2. The molecule has 3 heteroatoms. The molecule has 1 amide bonds. The Kier molecular flexibility index (Phi) is 8.22. The Labute approximate surface area is 210 Å². The molecule has 194 valence electrons. The normalized spacial score (nSPS) is 40.2. The van der Waals surface area contributed by atoms with Gasteiger partial charge in [0.2, 0.25) is 5.91 Å². The molecule has 0 aromatic heterocycles. The minimum atomic E-state index is 0.0317. The van der Waals surface area contributed by atoms with Gasteiger partial charge < -0.3 is 10.1 Å². The third-order valence-electron chi connectivity index (χ3n) is 11.1. The van der Waals surface area contributed by atoms with Crippen LogP contribution in [0.4, 0.5) is 0 Å². The SMILES string of the molecule is CC(=O)NCCO[C@H]1CC[C@@]2(C)C(=CC[C@H]3[C@@H]4CC[C@H]([C@H](C)CCCC(C)C)[C@@]4(C)CC[C@@H]32)C1. The van der Waals surface area contributed by atoms with Gasteiger partial charge in [-0.25, -0.2) is 0 Å². The number of carbonyl (C=O) groups is 1. The first-order valence-corrected chi connectivity index (χ1v) is 14.7. The van der Waals surface area contributed by atoms with Crippen LogP contribution in [0.2, 0.25) is 0 Å². The summed E-state index contributed by atoms with van der Waals surface area (Å²) in [6.07, 6.45) is 18.0. The molecule has 0 saturated heterocycles. The number of rotatable bonds is 9. The van der Waals surface area contributed by atoms with Crippen LogP contribution in [0.3, 0.4) is 0 Å². The zero-order chi connectivity index (χ0) is 24.5. The maximum atomic E-state index is 11.1. The fourth-order valence-corrected chi connectivity index (χ4v) is 9.25. The van der Waals surface area contributed by atoms with E-state index in [-0.39, 0.29) is 5.91 Å². The molecule has 0 radical (unpaired) electrons. The number of fused-ring (bicyclic) bond motifs is 5. The van der Waals surface area contributed by atoms with Gasteiger partial charge in [-0.1, -0.05) is 65.5 Å². The molecule has 0 heterocycles. The summed E-state index contributed by atoms with van der Waals surface area (Å²) in [5, 5.41) is 2.86. The fourth-order valence-electron chi connectivity index (χ4n) is 9.25. The van der Waals surface area contributed by atoms with Crippen LogP contribution in [0, 0.1) is 46.3 Å². The van der Waals surface area contributed by atoms with Crippen LogP contribution in [0.5, 0.6) is 0 Å². The molecule has 3 fully saturated rings. The third-order valence-corrected chi connectivity index (χ3v) is 11.1. The van der Waals surface area contributed by atoms with Crippen molar-refractivity contribution < 1.29 is 9.53 Å². The third kappa shape index (κ3) is 5.16. The van der Waals surface area contributed by atoms with Crippen LogP contribution in [0.1, 0.15) is 112 Å². The van der Waals surface area contributed by atoms with E-state index in [1.54, 1.807) is 12.5 Å². The van der Waals surface area contributed by atoms with Crippen molar-refractivity contribution in [1.82, 2.24) is 5.32 Å². The quantitative estimate of drug-likeness (QED) is 0.278. The summed E-state index contributed by atoms with van der Waals surface area (Å²) in [5.41, 5.74) is 2.66. The molecule has 8 atom stereocenters. The van der Waals surface area contributed by atoms with E-state index in [9.17, 15) is 4.79 Å². The highest BCUT2D eigenvalue weighted by Gasteiger charge is 2.59. The number of allylic oxidation sites excluding steroid dienone is 1. The van der Waals surface area contributed by atoms with E-state index in [2.05, 4.69) is 46.0 Å². The standard InChI is InChI=1S/C31H53NO2/c1-21(2)8-7-9-22(3)27-12-13-28-26-11-10-24-20-25(34-19-18-32-23(4)33)14-16-30(24,5)29(26)15-17-31(27,28)6/h10,21-22,25-29H,7-9,11-20H2,1-6H3,(H,32,33)/t22-,25+,26+,27-,28+,29+,30+,31-/m1/s1. The summed E-state index contributed by atoms with van der Waals surface area (Å²) in [7, 11) is 0. The van der Waals surface area contributed by atoms with Crippen LogP contribution >= 0.6 is 0 Å². The summed E-state index contributed by atoms with van der Waals surface area (Å²) in [4.78, 5) is 11.1. The number of ether oxygens (including phenoxy) is 1. The van der Waals surface area contributed by atoms with E-state index >= 15 is 0 Å². The number of hydrogen-bond donors (Lipinski definition) is 1. The van der Waals surface area contributed by atoms with Crippen LogP contribution in [0.25, 0.3) is 0 Å². The largest absolute Gasteiger partial charge is 0.376 e. The first-order valence-electron chi connectivity index (χ1n) is 14.7. The van der Waals surface area contributed by atoms with Gasteiger partial charge in [0.15, 0.2) is 0 Å². The summed E-state index contributed by atoms with van der Waals surface area (Å²) >= 11 is 0. The van der Waals surface area contributed by atoms with Gasteiger partial charge in [0.25, 0.3) is 0 Å². The lowest BCUT2D eigenvalue weighted by molar-refractivity contribution is -0.119. The van der Waals surface area contributed by atoms with Gasteiger partial charge in [0.05, 0.1) is 12.7 Å². The van der Waals surface area contributed by atoms with Crippen LogP contribution < -0.4 is 5.32 Å². The van der Waals surface area contributed by atoms with Crippen molar-refractivity contribution >= 4 is 5.91 Å². The van der Waals surface area contributed by atoms with E-state index in [4.69, 9.17) is 4.74 Å². The van der Waals surface area contributed by atoms with Crippen molar-refractivity contribution in [2.45, 2.75) is 118 Å². The lowest BCUT2D eigenvalue weighted by Gasteiger charge is -2.58. The molecule has 1 N–H and O–H groups in total. The smallest absolute Gasteiger partial charge is 0.216 e. The molecule has 4 aliphatic carbocycles. The highest BCUT2D eigenvalue weighted by molar-refractivity contribution is 5.72. The van der Waals surface area contributed by atoms with Crippen molar-refractivity contribution in [1.29, 1.82) is 0 Å². The van der Waals surface area contributed by atoms with Gasteiger partial charge >= 0.3 is 0 Å². The summed E-state index contributed by atoms with van der Waals surface area (Å²) in [6, 6.07) is 0. The Morgan fingerprint density at radius 1 is 1.09 bits per heavy atom. The Morgan fingerprint density at radius 2 is 1.88 bits per heavy atom. The van der Waals surface area contributed by atoms with Gasteiger partial charge in [-0.3, -0.25) is 4.79 Å². The highest BCUT2D eigenvalue weighted by atomic mass is 16.5. The van der Waals surface area contributed by atoms with Crippen molar-refractivity contribution in [2.75, 3.05) is 13.2 Å². The van der Waals surface area contributed by atoms with Gasteiger partial charge in [0.1, 0.15) is 0 Å². The number of carbonyl (C=O) groups excluding carboxylic acids is 1. The van der Waals surface area contributed by atoms with Crippen molar-refractivity contribution in [3.05, 3.63) is 11.6 Å². The minimum Gasteiger partial charge on any atom is -0.376 e. The Bertz CT molecular complexity index is 744. The van der Waals surface area contributed by atoms with Crippen molar-refractivity contribution in [3.8, 4) is 0 Å².